The van der Waals surface area contributed by atoms with Crippen LogP contribution < -0.4 is 5.73 Å². The van der Waals surface area contributed by atoms with Crippen molar-refractivity contribution in [3.8, 4) is 0 Å². The van der Waals surface area contributed by atoms with Crippen LogP contribution in [0.4, 0.5) is 5.82 Å². The second-order valence-corrected chi connectivity index (χ2v) is 6.55. The number of nitrogens with two attached hydrogens (primary N) is 1. The first-order valence-corrected chi connectivity index (χ1v) is 8.01. The third-order valence-electron chi connectivity index (χ3n) is 3.32. The standard InChI is InChI=1S/C13H19N5O2S/c1-4-18(9-11-7-5-6-8-15-11)21(19,20)12-10(2)17(3)16-13(12)14/h5-8H,4,9H2,1-3H3,(H2,14,16). The summed E-state index contributed by atoms with van der Waals surface area (Å²) in [7, 11) is -2.04. The van der Waals surface area contributed by atoms with Crippen molar-refractivity contribution in [3.05, 3.63) is 35.8 Å². The van der Waals surface area contributed by atoms with Crippen LogP contribution >= 0.6 is 0 Å². The Labute approximate surface area is 124 Å². The lowest BCUT2D eigenvalue weighted by Crippen LogP contribution is -2.31. The van der Waals surface area contributed by atoms with Crippen molar-refractivity contribution < 1.29 is 8.42 Å². The minimum absolute atomic E-state index is 0.0227. The second kappa shape index (κ2) is 5.82. The Hall–Kier alpha value is -1.93. The van der Waals surface area contributed by atoms with Gasteiger partial charge in [-0.3, -0.25) is 9.67 Å². The van der Waals surface area contributed by atoms with Gasteiger partial charge in [-0.1, -0.05) is 13.0 Å². The van der Waals surface area contributed by atoms with E-state index >= 15 is 0 Å². The van der Waals surface area contributed by atoms with Gasteiger partial charge in [0.1, 0.15) is 4.90 Å². The molecule has 2 aromatic rings. The third kappa shape index (κ3) is 2.91. The van der Waals surface area contributed by atoms with E-state index in [0.717, 1.165) is 0 Å². The molecule has 2 rings (SSSR count). The van der Waals surface area contributed by atoms with E-state index in [0.29, 0.717) is 17.9 Å². The van der Waals surface area contributed by atoms with Gasteiger partial charge >= 0.3 is 0 Å². The molecule has 0 radical (unpaired) electrons. The maximum absolute atomic E-state index is 12.8. The summed E-state index contributed by atoms with van der Waals surface area (Å²) in [5, 5.41) is 3.97. The van der Waals surface area contributed by atoms with E-state index in [-0.39, 0.29) is 17.3 Å². The van der Waals surface area contributed by atoms with E-state index < -0.39 is 10.0 Å². The Morgan fingerprint density at radius 2 is 2.10 bits per heavy atom. The number of pyridine rings is 1. The summed E-state index contributed by atoms with van der Waals surface area (Å²) in [5.41, 5.74) is 6.96. The van der Waals surface area contributed by atoms with Crippen LogP contribution in [0.3, 0.4) is 0 Å². The van der Waals surface area contributed by atoms with Gasteiger partial charge in [0.2, 0.25) is 10.0 Å². The van der Waals surface area contributed by atoms with Gasteiger partial charge in [0.05, 0.1) is 17.9 Å². The molecule has 0 amide bonds. The molecule has 0 aliphatic carbocycles. The highest BCUT2D eigenvalue weighted by Crippen LogP contribution is 2.25. The molecule has 0 aromatic carbocycles. The van der Waals surface area contributed by atoms with Gasteiger partial charge in [0.25, 0.3) is 0 Å². The quantitative estimate of drug-likeness (QED) is 0.886. The summed E-state index contributed by atoms with van der Waals surface area (Å²) >= 11 is 0. The maximum atomic E-state index is 12.8. The Morgan fingerprint density at radius 1 is 1.38 bits per heavy atom. The molecule has 0 aliphatic rings. The number of anilines is 1. The predicted octanol–water partition coefficient (Wildman–Crippen LogP) is 0.917. The fourth-order valence-electron chi connectivity index (χ4n) is 2.10. The molecule has 2 heterocycles. The summed E-state index contributed by atoms with van der Waals surface area (Å²) in [4.78, 5) is 4.24. The van der Waals surface area contributed by atoms with E-state index in [2.05, 4.69) is 10.1 Å². The van der Waals surface area contributed by atoms with Gasteiger partial charge in [-0.15, -0.1) is 0 Å². The molecule has 0 atom stereocenters. The van der Waals surface area contributed by atoms with E-state index in [1.807, 2.05) is 6.07 Å². The van der Waals surface area contributed by atoms with Gasteiger partial charge in [0.15, 0.2) is 5.82 Å². The molecular weight excluding hydrogens is 290 g/mol. The van der Waals surface area contributed by atoms with Crippen molar-refractivity contribution in [1.82, 2.24) is 19.1 Å². The van der Waals surface area contributed by atoms with Crippen LogP contribution in [0.1, 0.15) is 18.3 Å². The number of nitrogen functional groups attached to an aromatic ring is 1. The summed E-state index contributed by atoms with van der Waals surface area (Å²) < 4.78 is 28.4. The van der Waals surface area contributed by atoms with Crippen LogP contribution in [0, 0.1) is 6.92 Å². The molecule has 114 valence electrons. The molecule has 0 saturated heterocycles. The number of hydrogen-bond acceptors (Lipinski definition) is 5. The fraction of sp³-hybridized carbons (Fsp3) is 0.385. The van der Waals surface area contributed by atoms with Crippen LogP contribution in [0.15, 0.2) is 29.3 Å². The van der Waals surface area contributed by atoms with Crippen molar-refractivity contribution >= 4 is 15.8 Å². The van der Waals surface area contributed by atoms with E-state index in [1.54, 1.807) is 39.2 Å². The lowest BCUT2D eigenvalue weighted by Gasteiger charge is -2.20. The zero-order chi connectivity index (χ0) is 15.6. The molecule has 2 N–H and O–H groups in total. The smallest absolute Gasteiger partial charge is 0.248 e. The first-order valence-electron chi connectivity index (χ1n) is 6.57. The normalized spacial score (nSPS) is 12.0. The number of aryl methyl sites for hydroxylation is 1. The highest BCUT2D eigenvalue weighted by Gasteiger charge is 2.30. The first-order chi connectivity index (χ1) is 9.87. The molecule has 0 saturated carbocycles. The molecule has 0 spiro atoms. The lowest BCUT2D eigenvalue weighted by molar-refractivity contribution is 0.419. The minimum atomic E-state index is -3.70. The molecular formula is C13H19N5O2S. The van der Waals surface area contributed by atoms with Gasteiger partial charge in [-0.05, 0) is 19.1 Å². The predicted molar refractivity (Wildman–Crippen MR) is 79.9 cm³/mol. The minimum Gasteiger partial charge on any atom is -0.381 e. The average molecular weight is 309 g/mol. The first kappa shape index (κ1) is 15.5. The SMILES string of the molecule is CCN(Cc1ccccn1)S(=O)(=O)c1c(N)nn(C)c1C. The van der Waals surface area contributed by atoms with Crippen molar-refractivity contribution in [2.45, 2.75) is 25.3 Å². The molecule has 0 unspecified atom stereocenters. The zero-order valence-electron chi connectivity index (χ0n) is 12.3. The van der Waals surface area contributed by atoms with Crippen molar-refractivity contribution in [2.75, 3.05) is 12.3 Å². The fourth-order valence-corrected chi connectivity index (χ4v) is 3.81. The molecule has 7 nitrogen and oxygen atoms in total. The summed E-state index contributed by atoms with van der Waals surface area (Å²) in [6, 6.07) is 5.40. The molecule has 21 heavy (non-hydrogen) atoms. The number of sulfonamides is 1. The highest BCUT2D eigenvalue weighted by atomic mass is 32.2. The number of hydrogen-bond donors (Lipinski definition) is 1. The second-order valence-electron chi connectivity index (χ2n) is 4.68. The molecule has 0 fully saturated rings. The molecule has 2 aromatic heterocycles. The Kier molecular flexibility index (Phi) is 4.29. The van der Waals surface area contributed by atoms with E-state index in [4.69, 9.17) is 5.73 Å². The summed E-state index contributed by atoms with van der Waals surface area (Å²) in [6.45, 7) is 3.99. The number of rotatable bonds is 5. The van der Waals surface area contributed by atoms with Crippen LogP contribution in [-0.2, 0) is 23.6 Å². The monoisotopic (exact) mass is 309 g/mol. The van der Waals surface area contributed by atoms with Crippen molar-refractivity contribution in [2.24, 2.45) is 7.05 Å². The highest BCUT2D eigenvalue weighted by molar-refractivity contribution is 7.89. The lowest BCUT2D eigenvalue weighted by atomic mass is 10.3. The van der Waals surface area contributed by atoms with Crippen molar-refractivity contribution in [1.29, 1.82) is 0 Å². The van der Waals surface area contributed by atoms with Crippen LogP contribution in [0.25, 0.3) is 0 Å². The molecule has 8 heteroatoms. The van der Waals surface area contributed by atoms with Crippen molar-refractivity contribution in [3.63, 3.8) is 0 Å². The Morgan fingerprint density at radius 3 is 2.57 bits per heavy atom. The molecule has 0 aliphatic heterocycles. The molecule has 0 bridgehead atoms. The van der Waals surface area contributed by atoms with Gasteiger partial charge in [-0.2, -0.15) is 9.40 Å². The van der Waals surface area contributed by atoms with Gasteiger partial charge in [0, 0.05) is 19.8 Å². The van der Waals surface area contributed by atoms with E-state index in [9.17, 15) is 8.42 Å². The topological polar surface area (TPSA) is 94.1 Å². The van der Waals surface area contributed by atoms with Crippen LogP contribution in [0.5, 0.6) is 0 Å². The largest absolute Gasteiger partial charge is 0.381 e. The third-order valence-corrected chi connectivity index (χ3v) is 5.41. The van der Waals surface area contributed by atoms with Crippen LogP contribution in [-0.4, -0.2) is 34.0 Å². The summed E-state index contributed by atoms with van der Waals surface area (Å²) in [6.07, 6.45) is 1.64. The van der Waals surface area contributed by atoms with E-state index in [1.165, 1.54) is 8.99 Å². The Balaban J connectivity index is 2.41. The average Bonchev–Trinajstić information content (AvgIpc) is 2.70. The number of aromatic nitrogens is 3. The van der Waals surface area contributed by atoms with Gasteiger partial charge in [-0.25, -0.2) is 8.42 Å². The van der Waals surface area contributed by atoms with Crippen LogP contribution in [0.2, 0.25) is 0 Å². The van der Waals surface area contributed by atoms with Gasteiger partial charge < -0.3 is 5.73 Å². The number of nitrogens with zero attached hydrogens (tertiary/aromatic N) is 4. The Bertz CT molecular complexity index is 725. The zero-order valence-corrected chi connectivity index (χ0v) is 13.1. The maximum Gasteiger partial charge on any atom is 0.248 e. The summed E-state index contributed by atoms with van der Waals surface area (Å²) in [5.74, 6) is 0.0227.